The van der Waals surface area contributed by atoms with Gasteiger partial charge in [0.05, 0.1) is 10.9 Å². The Labute approximate surface area is 124 Å². The van der Waals surface area contributed by atoms with E-state index in [9.17, 15) is 4.79 Å². The zero-order valence-electron chi connectivity index (χ0n) is 10.3. The van der Waals surface area contributed by atoms with Crippen LogP contribution < -0.4 is 5.63 Å². The zero-order chi connectivity index (χ0) is 14.1. The average Bonchev–Trinajstić information content (AvgIpc) is 2.46. The van der Waals surface area contributed by atoms with E-state index in [1.807, 2.05) is 24.3 Å². The summed E-state index contributed by atoms with van der Waals surface area (Å²) >= 11 is 11.8. The average molecular weight is 306 g/mol. The molecular weight excluding hydrogens is 297 g/mol. The molecule has 0 saturated heterocycles. The van der Waals surface area contributed by atoms with Crippen LogP contribution >= 0.6 is 23.2 Å². The summed E-state index contributed by atoms with van der Waals surface area (Å²) in [6.45, 7) is 0. The second-order valence-electron chi connectivity index (χ2n) is 4.26. The fourth-order valence-electron chi connectivity index (χ4n) is 2.01. The predicted octanol–water partition coefficient (Wildman–Crippen LogP) is 4.25. The highest BCUT2D eigenvalue weighted by Gasteiger charge is 2.11. The van der Waals surface area contributed by atoms with Gasteiger partial charge in [-0.25, -0.2) is 9.78 Å². The largest absolute Gasteiger partial charge is 0.403 e. The van der Waals surface area contributed by atoms with Crippen LogP contribution in [0.5, 0.6) is 0 Å². The van der Waals surface area contributed by atoms with E-state index >= 15 is 0 Å². The molecule has 0 aliphatic carbocycles. The van der Waals surface area contributed by atoms with Gasteiger partial charge in [-0.2, -0.15) is 0 Å². The molecule has 0 N–H and O–H groups in total. The highest BCUT2D eigenvalue weighted by Crippen LogP contribution is 2.24. The molecule has 3 nitrogen and oxygen atoms in total. The fraction of sp³-hybridized carbons (Fsp3) is 0.0667. The van der Waals surface area contributed by atoms with Gasteiger partial charge in [-0.1, -0.05) is 29.8 Å². The lowest BCUT2D eigenvalue weighted by Crippen LogP contribution is -2.03. The Kier molecular flexibility index (Phi) is 3.47. The van der Waals surface area contributed by atoms with Gasteiger partial charge in [0, 0.05) is 16.5 Å². The number of alkyl halides is 1. The van der Waals surface area contributed by atoms with Crippen molar-refractivity contribution < 1.29 is 4.42 Å². The van der Waals surface area contributed by atoms with Crippen molar-refractivity contribution in [1.82, 2.24) is 4.98 Å². The molecule has 20 heavy (non-hydrogen) atoms. The molecule has 0 atom stereocenters. The summed E-state index contributed by atoms with van der Waals surface area (Å²) in [5, 5.41) is 0.925. The SMILES string of the molecule is O=c1oc(-c2ccccc2CCl)nc2cc(Cl)ccc12. The standard InChI is InChI=1S/C15H9Cl2NO2/c16-8-9-3-1-2-4-11(9)14-18-13-7-10(17)5-6-12(13)15(19)20-14/h1-7H,8H2. The Hall–Kier alpha value is -1.84. The van der Waals surface area contributed by atoms with Gasteiger partial charge in [-0.05, 0) is 29.8 Å². The number of halogens is 2. The molecular formula is C15H9Cl2NO2. The molecule has 0 fully saturated rings. The molecule has 0 aliphatic heterocycles. The van der Waals surface area contributed by atoms with E-state index in [2.05, 4.69) is 4.98 Å². The van der Waals surface area contributed by atoms with Crippen LogP contribution in [0, 0.1) is 0 Å². The van der Waals surface area contributed by atoms with Gasteiger partial charge in [0.15, 0.2) is 0 Å². The number of nitrogens with zero attached hydrogens (tertiary/aromatic N) is 1. The fourth-order valence-corrected chi connectivity index (χ4v) is 2.40. The lowest BCUT2D eigenvalue weighted by atomic mass is 10.1. The Morgan fingerprint density at radius 1 is 1.15 bits per heavy atom. The first-order valence-electron chi connectivity index (χ1n) is 5.93. The molecule has 0 unspecified atom stereocenters. The van der Waals surface area contributed by atoms with Crippen molar-refractivity contribution in [3.63, 3.8) is 0 Å². The first-order chi connectivity index (χ1) is 9.69. The van der Waals surface area contributed by atoms with Gasteiger partial charge in [-0.3, -0.25) is 0 Å². The minimum atomic E-state index is -0.439. The first kappa shape index (κ1) is 13.2. The first-order valence-corrected chi connectivity index (χ1v) is 6.85. The number of hydrogen-bond donors (Lipinski definition) is 0. The second kappa shape index (κ2) is 5.27. The number of rotatable bonds is 2. The number of fused-ring (bicyclic) bond motifs is 1. The third-order valence-corrected chi connectivity index (χ3v) is 3.51. The van der Waals surface area contributed by atoms with Crippen LogP contribution in [0.15, 0.2) is 51.7 Å². The van der Waals surface area contributed by atoms with Crippen molar-refractivity contribution in [3.05, 3.63) is 63.5 Å². The van der Waals surface area contributed by atoms with Crippen LogP contribution in [-0.2, 0) is 5.88 Å². The third kappa shape index (κ3) is 2.30. The van der Waals surface area contributed by atoms with E-state index in [-0.39, 0.29) is 5.89 Å². The van der Waals surface area contributed by atoms with Gasteiger partial charge < -0.3 is 4.42 Å². The summed E-state index contributed by atoms with van der Waals surface area (Å²) < 4.78 is 5.29. The molecule has 5 heteroatoms. The molecule has 0 amide bonds. The van der Waals surface area contributed by atoms with Crippen LogP contribution in [0.1, 0.15) is 5.56 Å². The molecule has 3 aromatic rings. The number of benzene rings is 2. The van der Waals surface area contributed by atoms with E-state index < -0.39 is 5.63 Å². The number of aromatic nitrogens is 1. The molecule has 1 aromatic heterocycles. The minimum absolute atomic E-state index is 0.251. The van der Waals surface area contributed by atoms with Crippen molar-refractivity contribution >= 4 is 34.1 Å². The van der Waals surface area contributed by atoms with Crippen molar-refractivity contribution in [2.24, 2.45) is 0 Å². The maximum Gasteiger partial charge on any atom is 0.347 e. The Bertz CT molecular complexity index is 843. The van der Waals surface area contributed by atoms with Crippen LogP contribution in [0.3, 0.4) is 0 Å². The van der Waals surface area contributed by atoms with Crippen molar-refractivity contribution in [1.29, 1.82) is 0 Å². The highest BCUT2D eigenvalue weighted by molar-refractivity contribution is 6.31. The monoisotopic (exact) mass is 305 g/mol. The number of hydrogen-bond acceptors (Lipinski definition) is 3. The highest BCUT2D eigenvalue weighted by atomic mass is 35.5. The Balaban J connectivity index is 2.29. The Morgan fingerprint density at radius 2 is 1.95 bits per heavy atom. The van der Waals surface area contributed by atoms with E-state index in [1.165, 1.54) is 0 Å². The third-order valence-electron chi connectivity index (χ3n) is 2.98. The van der Waals surface area contributed by atoms with E-state index in [1.54, 1.807) is 18.2 Å². The van der Waals surface area contributed by atoms with Gasteiger partial charge in [-0.15, -0.1) is 11.6 Å². The molecule has 0 bridgehead atoms. The predicted molar refractivity (Wildman–Crippen MR) is 80.3 cm³/mol. The van der Waals surface area contributed by atoms with Gasteiger partial charge in [0.25, 0.3) is 0 Å². The maximum absolute atomic E-state index is 12.0. The smallest absolute Gasteiger partial charge is 0.347 e. The molecule has 1 heterocycles. The van der Waals surface area contributed by atoms with Crippen LogP contribution in [0.2, 0.25) is 5.02 Å². The minimum Gasteiger partial charge on any atom is -0.403 e. The van der Waals surface area contributed by atoms with Gasteiger partial charge in [0.1, 0.15) is 0 Å². The van der Waals surface area contributed by atoms with Crippen LogP contribution in [0.25, 0.3) is 22.4 Å². The zero-order valence-corrected chi connectivity index (χ0v) is 11.8. The quantitative estimate of drug-likeness (QED) is 0.665. The van der Waals surface area contributed by atoms with E-state index in [0.717, 1.165) is 5.56 Å². The van der Waals surface area contributed by atoms with Gasteiger partial charge >= 0.3 is 5.63 Å². The summed E-state index contributed by atoms with van der Waals surface area (Å²) in [6, 6.07) is 12.3. The topological polar surface area (TPSA) is 43.1 Å². The molecule has 2 aromatic carbocycles. The van der Waals surface area contributed by atoms with Crippen molar-refractivity contribution in [2.75, 3.05) is 0 Å². The molecule has 3 rings (SSSR count). The van der Waals surface area contributed by atoms with E-state index in [4.69, 9.17) is 27.6 Å². The van der Waals surface area contributed by atoms with Crippen LogP contribution in [0.4, 0.5) is 0 Å². The molecule has 0 saturated carbocycles. The molecule has 0 spiro atoms. The molecule has 0 aliphatic rings. The van der Waals surface area contributed by atoms with E-state index in [0.29, 0.717) is 27.4 Å². The lowest BCUT2D eigenvalue weighted by molar-refractivity contribution is 0.518. The van der Waals surface area contributed by atoms with Gasteiger partial charge in [0.2, 0.25) is 5.89 Å². The maximum atomic E-state index is 12.0. The molecule has 0 radical (unpaired) electrons. The van der Waals surface area contributed by atoms with Crippen molar-refractivity contribution in [2.45, 2.75) is 5.88 Å². The summed E-state index contributed by atoms with van der Waals surface area (Å²) in [5.74, 6) is 0.566. The van der Waals surface area contributed by atoms with Crippen LogP contribution in [-0.4, -0.2) is 4.98 Å². The normalized spacial score (nSPS) is 10.9. The molecule has 100 valence electrons. The summed E-state index contributed by atoms with van der Waals surface area (Å²) in [6.07, 6.45) is 0. The summed E-state index contributed by atoms with van der Waals surface area (Å²) in [4.78, 5) is 16.4. The Morgan fingerprint density at radius 3 is 2.75 bits per heavy atom. The lowest BCUT2D eigenvalue weighted by Gasteiger charge is -2.05. The second-order valence-corrected chi connectivity index (χ2v) is 4.96. The summed E-state index contributed by atoms with van der Waals surface area (Å²) in [5.41, 5.74) is 1.63. The van der Waals surface area contributed by atoms with Crippen molar-refractivity contribution in [3.8, 4) is 11.5 Å². The summed E-state index contributed by atoms with van der Waals surface area (Å²) in [7, 11) is 0.